The number of hydrogen-bond donors (Lipinski definition) is 2. The van der Waals surface area contributed by atoms with Crippen LogP contribution in [0.25, 0.3) is 10.9 Å². The van der Waals surface area contributed by atoms with Gasteiger partial charge in [0.25, 0.3) is 0 Å². The molecule has 2 aromatic heterocycles. The summed E-state index contributed by atoms with van der Waals surface area (Å²) in [7, 11) is -2.79. The molecule has 2 atom stereocenters. The quantitative estimate of drug-likeness (QED) is 0.260. The van der Waals surface area contributed by atoms with Crippen LogP contribution in [0.2, 0.25) is 0 Å². The first-order valence-corrected chi connectivity index (χ1v) is 12.0. The van der Waals surface area contributed by atoms with Gasteiger partial charge in [-0.15, -0.1) is 4.89 Å². The number of aryl methyl sites for hydroxylation is 1. The van der Waals surface area contributed by atoms with E-state index in [9.17, 15) is 18.9 Å². The number of amides is 2. The molecule has 0 aliphatic carbocycles. The summed E-state index contributed by atoms with van der Waals surface area (Å²) in [6, 6.07) is 9.63. The standard InChI is InChI=1S/C23H23N4O7P/c1-14-4-3-5-21(24-14)25-23(30)20-8-9-27(20)22(29)12-26-11-18(15(2)28)17-10-16(6-7-19(17)26)33-13-34-35(31)32/h3-7,10-11,20H,8-9,12-13H2,1-2H3,(H-,24,25,30,31,32)/p+1. The zero-order valence-corrected chi connectivity index (χ0v) is 20.0. The van der Waals surface area contributed by atoms with Crippen LogP contribution in [0.4, 0.5) is 5.82 Å². The maximum absolute atomic E-state index is 13.0. The summed E-state index contributed by atoms with van der Waals surface area (Å²) in [6.45, 7) is 3.23. The first-order valence-electron chi connectivity index (χ1n) is 10.8. The van der Waals surface area contributed by atoms with Crippen LogP contribution >= 0.6 is 8.25 Å². The fraction of sp³-hybridized carbons (Fsp3) is 0.304. The summed E-state index contributed by atoms with van der Waals surface area (Å²) >= 11 is 0. The molecule has 3 heterocycles. The predicted octanol–water partition coefficient (Wildman–Crippen LogP) is 2.79. The van der Waals surface area contributed by atoms with Gasteiger partial charge in [0.05, 0.1) is 0 Å². The van der Waals surface area contributed by atoms with Gasteiger partial charge >= 0.3 is 8.25 Å². The second-order valence-corrected chi connectivity index (χ2v) is 8.81. The highest BCUT2D eigenvalue weighted by atomic mass is 31.1. The number of likely N-dealkylation sites (tertiary alicyclic amines) is 1. The number of fused-ring (bicyclic) bond motifs is 1. The van der Waals surface area contributed by atoms with Crippen molar-refractivity contribution in [3.63, 3.8) is 0 Å². The van der Waals surface area contributed by atoms with Crippen LogP contribution in [-0.2, 0) is 25.2 Å². The molecule has 3 aromatic rings. The van der Waals surface area contributed by atoms with Crippen LogP contribution in [-0.4, -0.2) is 56.3 Å². The van der Waals surface area contributed by atoms with E-state index in [0.717, 1.165) is 5.69 Å². The molecule has 4 rings (SSSR count). The largest absolute Gasteiger partial charge is 0.698 e. The van der Waals surface area contributed by atoms with E-state index in [0.29, 0.717) is 41.0 Å². The Morgan fingerprint density at radius 2 is 2.06 bits per heavy atom. The average Bonchev–Trinajstić information content (AvgIpc) is 3.10. The third-order valence-corrected chi connectivity index (χ3v) is 6.03. The van der Waals surface area contributed by atoms with Gasteiger partial charge in [-0.2, -0.15) is 0 Å². The van der Waals surface area contributed by atoms with E-state index in [1.165, 1.54) is 11.8 Å². The monoisotopic (exact) mass is 499 g/mol. The number of ketones is 1. The molecule has 182 valence electrons. The maximum atomic E-state index is 13.0. The van der Waals surface area contributed by atoms with Gasteiger partial charge in [0.2, 0.25) is 18.6 Å². The lowest BCUT2D eigenvalue weighted by Gasteiger charge is -2.39. The van der Waals surface area contributed by atoms with Crippen molar-refractivity contribution >= 4 is 42.6 Å². The van der Waals surface area contributed by atoms with Crippen LogP contribution < -0.4 is 10.1 Å². The summed E-state index contributed by atoms with van der Waals surface area (Å²) < 4.78 is 22.1. The zero-order valence-electron chi connectivity index (χ0n) is 19.1. The van der Waals surface area contributed by atoms with Crippen molar-refractivity contribution in [3.8, 4) is 5.75 Å². The van der Waals surface area contributed by atoms with Crippen molar-refractivity contribution in [3.05, 3.63) is 53.9 Å². The van der Waals surface area contributed by atoms with Crippen LogP contribution in [0.5, 0.6) is 5.75 Å². The first kappa shape index (κ1) is 24.5. The molecule has 1 aliphatic rings. The van der Waals surface area contributed by atoms with Gasteiger partial charge in [0.1, 0.15) is 24.2 Å². The van der Waals surface area contributed by atoms with E-state index in [4.69, 9.17) is 9.63 Å². The molecule has 1 aromatic carbocycles. The molecule has 12 heteroatoms. The Balaban J connectivity index is 1.48. The van der Waals surface area contributed by atoms with Gasteiger partial charge in [-0.3, -0.25) is 14.4 Å². The number of carbonyl (C=O) groups is 3. The van der Waals surface area contributed by atoms with Crippen molar-refractivity contribution in [1.29, 1.82) is 0 Å². The van der Waals surface area contributed by atoms with Gasteiger partial charge in [-0.1, -0.05) is 10.6 Å². The highest BCUT2D eigenvalue weighted by Crippen LogP contribution is 2.28. The van der Waals surface area contributed by atoms with E-state index in [1.807, 2.05) is 13.0 Å². The lowest BCUT2D eigenvalue weighted by Crippen LogP contribution is -2.57. The van der Waals surface area contributed by atoms with Crippen molar-refractivity contribution in [2.75, 3.05) is 18.7 Å². The number of benzene rings is 1. The zero-order chi connectivity index (χ0) is 25.1. The maximum Gasteiger partial charge on any atom is 0.698 e. The first-order chi connectivity index (χ1) is 16.7. The minimum atomic E-state index is -2.79. The van der Waals surface area contributed by atoms with Gasteiger partial charge in [0, 0.05) is 39.5 Å². The van der Waals surface area contributed by atoms with Crippen LogP contribution in [0.15, 0.2) is 42.6 Å². The smallest absolute Gasteiger partial charge is 0.463 e. The van der Waals surface area contributed by atoms with Crippen LogP contribution in [0.1, 0.15) is 29.4 Å². The minimum Gasteiger partial charge on any atom is -0.463 e. The number of Topliss-reactive ketones (excluding diaryl/α,β-unsaturated/α-hetero) is 1. The molecule has 1 aliphatic heterocycles. The Hall–Kier alpha value is -3.66. The lowest BCUT2D eigenvalue weighted by atomic mass is 10.0. The second kappa shape index (κ2) is 10.3. The van der Waals surface area contributed by atoms with E-state index in [1.54, 1.807) is 41.1 Å². The number of rotatable bonds is 9. The number of carbonyl (C=O) groups excluding carboxylic acids is 3. The van der Waals surface area contributed by atoms with Crippen LogP contribution in [0, 0.1) is 6.92 Å². The van der Waals surface area contributed by atoms with Gasteiger partial charge < -0.3 is 19.5 Å². The normalized spacial score (nSPS) is 15.5. The molecule has 2 unspecified atom stereocenters. The van der Waals surface area contributed by atoms with Gasteiger partial charge in [-0.05, 0) is 50.6 Å². The third-order valence-electron chi connectivity index (χ3n) is 5.71. The molecule has 0 spiro atoms. The number of nitrogens with zero attached hydrogens (tertiary/aromatic N) is 3. The fourth-order valence-electron chi connectivity index (χ4n) is 3.93. The average molecular weight is 499 g/mol. The Labute approximate surface area is 201 Å². The number of ether oxygens (including phenoxy) is 1. The summed E-state index contributed by atoms with van der Waals surface area (Å²) in [5, 5.41) is 3.33. The number of pyridine rings is 1. The Kier molecular flexibility index (Phi) is 7.20. The minimum absolute atomic E-state index is 0.0510. The molecule has 0 saturated carbocycles. The van der Waals surface area contributed by atoms with Crippen molar-refractivity contribution in [1.82, 2.24) is 14.5 Å². The van der Waals surface area contributed by atoms with Crippen molar-refractivity contribution < 1.29 is 33.1 Å². The van der Waals surface area contributed by atoms with Crippen molar-refractivity contribution in [2.24, 2.45) is 0 Å². The Morgan fingerprint density at radius 3 is 2.71 bits per heavy atom. The number of hydrogen-bond acceptors (Lipinski definition) is 7. The SMILES string of the molecule is CC(=O)c1cn(CC(=O)N2CCC2C(=O)Nc2cccc(C)n2)c2ccc(OCO[P+](=O)O)cc12. The Bertz CT molecular complexity index is 1320. The number of aromatic nitrogens is 2. The van der Waals surface area contributed by atoms with Crippen LogP contribution in [0.3, 0.4) is 0 Å². The summed E-state index contributed by atoms with van der Waals surface area (Å²) in [6.07, 6.45) is 2.15. The van der Waals surface area contributed by atoms with E-state index < -0.39 is 21.1 Å². The fourth-order valence-corrected chi connectivity index (χ4v) is 4.08. The number of anilines is 1. The molecule has 0 radical (unpaired) electrons. The molecule has 0 bridgehead atoms. The predicted molar refractivity (Wildman–Crippen MR) is 126 cm³/mol. The summed E-state index contributed by atoms with van der Waals surface area (Å²) in [5.74, 6) is 0.0374. The highest BCUT2D eigenvalue weighted by molar-refractivity contribution is 7.32. The van der Waals surface area contributed by atoms with E-state index >= 15 is 0 Å². The summed E-state index contributed by atoms with van der Waals surface area (Å²) in [5.41, 5.74) is 1.81. The molecule has 1 fully saturated rings. The molecule has 1 saturated heterocycles. The topological polar surface area (TPSA) is 140 Å². The summed E-state index contributed by atoms with van der Waals surface area (Å²) in [4.78, 5) is 52.4. The number of nitrogens with one attached hydrogen (secondary N) is 1. The highest BCUT2D eigenvalue weighted by Gasteiger charge is 2.37. The second-order valence-electron chi connectivity index (χ2n) is 8.08. The Morgan fingerprint density at radius 1 is 1.26 bits per heavy atom. The molecular weight excluding hydrogens is 475 g/mol. The van der Waals surface area contributed by atoms with E-state index in [-0.39, 0.29) is 24.1 Å². The molecule has 2 N–H and O–H groups in total. The van der Waals surface area contributed by atoms with Gasteiger partial charge in [0.15, 0.2) is 5.78 Å². The molecule has 2 amide bonds. The van der Waals surface area contributed by atoms with Gasteiger partial charge in [-0.25, -0.2) is 4.98 Å². The molecular formula is C23H24N4O7P+. The third kappa shape index (κ3) is 5.54. The lowest BCUT2D eigenvalue weighted by molar-refractivity contribution is -0.145. The van der Waals surface area contributed by atoms with Crippen molar-refractivity contribution in [2.45, 2.75) is 32.9 Å². The van der Waals surface area contributed by atoms with E-state index in [2.05, 4.69) is 14.8 Å². The molecule has 35 heavy (non-hydrogen) atoms. The molecule has 11 nitrogen and oxygen atoms in total.